The van der Waals surface area contributed by atoms with Crippen LogP contribution in [0.4, 0.5) is 0 Å². The molecule has 3 aromatic rings. The minimum atomic E-state index is -0.407. The van der Waals surface area contributed by atoms with Gasteiger partial charge >= 0.3 is 0 Å². The van der Waals surface area contributed by atoms with E-state index in [-0.39, 0.29) is 22.6 Å². The zero-order valence-corrected chi connectivity index (χ0v) is 19.5. The normalized spacial score (nSPS) is 12.9. The lowest BCUT2D eigenvalue weighted by molar-refractivity contribution is 0.0914. The minimum Gasteiger partial charge on any atom is -0.451 e. The summed E-state index contributed by atoms with van der Waals surface area (Å²) < 4.78 is 6.45. The van der Waals surface area contributed by atoms with Gasteiger partial charge in [0.1, 0.15) is 5.58 Å². The summed E-state index contributed by atoms with van der Waals surface area (Å²) in [4.78, 5) is 27.1. The fraction of sp³-hybridized carbons (Fsp3) is 0.333. The van der Waals surface area contributed by atoms with E-state index >= 15 is 0 Å². The monoisotopic (exact) mass is 470 g/mol. The second-order valence-electron chi connectivity index (χ2n) is 8.68. The number of hydrogen-bond donors (Lipinski definition) is 1. The highest BCUT2D eigenvalue weighted by molar-refractivity contribution is 9.10. The Morgan fingerprint density at radius 1 is 1.10 bits per heavy atom. The van der Waals surface area contributed by atoms with Crippen LogP contribution in [0.15, 0.2) is 62.2 Å². The Balaban J connectivity index is 1.78. The molecule has 0 spiro atoms. The Morgan fingerprint density at radius 3 is 2.37 bits per heavy atom. The van der Waals surface area contributed by atoms with Crippen LogP contribution in [-0.4, -0.2) is 31.4 Å². The lowest BCUT2D eigenvalue weighted by Gasteiger charge is -2.26. The number of hydrogen-bond acceptors (Lipinski definition) is 4. The second kappa shape index (κ2) is 8.74. The molecule has 1 atom stereocenters. The number of rotatable bonds is 5. The number of benzene rings is 2. The van der Waals surface area contributed by atoms with Crippen molar-refractivity contribution in [1.82, 2.24) is 10.2 Å². The molecule has 0 fully saturated rings. The van der Waals surface area contributed by atoms with Crippen LogP contribution >= 0.6 is 15.9 Å². The highest BCUT2D eigenvalue weighted by atomic mass is 79.9. The maximum absolute atomic E-state index is 12.7. The molecule has 1 amide bonds. The maximum Gasteiger partial charge on any atom is 0.287 e. The lowest BCUT2D eigenvalue weighted by Crippen LogP contribution is -2.34. The number of likely N-dealkylation sites (N-methyl/N-ethyl adjacent to an activating group) is 1. The van der Waals surface area contributed by atoms with Gasteiger partial charge in [-0.25, -0.2) is 0 Å². The smallest absolute Gasteiger partial charge is 0.287 e. The van der Waals surface area contributed by atoms with Gasteiger partial charge in [0.2, 0.25) is 0 Å². The summed E-state index contributed by atoms with van der Waals surface area (Å²) in [7, 11) is 3.95. The summed E-state index contributed by atoms with van der Waals surface area (Å²) in [6.07, 6.45) is 0. The van der Waals surface area contributed by atoms with E-state index in [9.17, 15) is 9.59 Å². The first-order valence-corrected chi connectivity index (χ1v) is 10.6. The van der Waals surface area contributed by atoms with E-state index < -0.39 is 5.91 Å². The van der Waals surface area contributed by atoms with Crippen molar-refractivity contribution in [2.24, 2.45) is 0 Å². The van der Waals surface area contributed by atoms with Crippen LogP contribution in [0.1, 0.15) is 48.5 Å². The van der Waals surface area contributed by atoms with Crippen molar-refractivity contribution in [3.63, 3.8) is 0 Å². The number of fused-ring (bicyclic) bond motifs is 1. The topological polar surface area (TPSA) is 62.6 Å². The number of carbonyl (C=O) groups is 1. The third-order valence-corrected chi connectivity index (χ3v) is 5.65. The summed E-state index contributed by atoms with van der Waals surface area (Å²) in [5, 5.41) is 3.34. The maximum atomic E-state index is 12.7. The van der Waals surface area contributed by atoms with Gasteiger partial charge in [-0.2, -0.15) is 0 Å². The molecule has 158 valence electrons. The van der Waals surface area contributed by atoms with Gasteiger partial charge in [0.05, 0.1) is 11.4 Å². The van der Waals surface area contributed by atoms with E-state index in [4.69, 9.17) is 4.42 Å². The molecule has 0 bridgehead atoms. The van der Waals surface area contributed by atoms with Gasteiger partial charge < -0.3 is 14.6 Å². The third-order valence-electron chi connectivity index (χ3n) is 5.15. The molecule has 1 heterocycles. The molecular weight excluding hydrogens is 444 g/mol. The number of carbonyl (C=O) groups excluding carboxylic acids is 1. The highest BCUT2D eigenvalue weighted by Gasteiger charge is 2.19. The Bertz CT molecular complexity index is 1110. The second-order valence-corrected chi connectivity index (χ2v) is 9.59. The molecular formula is C24H27BrN2O3. The summed E-state index contributed by atoms with van der Waals surface area (Å²) >= 11 is 3.34. The molecule has 1 unspecified atom stereocenters. The molecule has 6 heteroatoms. The van der Waals surface area contributed by atoms with Gasteiger partial charge in [0.15, 0.2) is 11.2 Å². The van der Waals surface area contributed by atoms with E-state index in [0.29, 0.717) is 17.5 Å². The van der Waals surface area contributed by atoms with Crippen LogP contribution < -0.4 is 10.7 Å². The van der Waals surface area contributed by atoms with E-state index in [1.165, 1.54) is 11.6 Å². The third kappa shape index (κ3) is 4.99. The van der Waals surface area contributed by atoms with Crippen LogP contribution in [0.5, 0.6) is 0 Å². The average molecular weight is 471 g/mol. The van der Waals surface area contributed by atoms with Crippen LogP contribution in [-0.2, 0) is 5.41 Å². The van der Waals surface area contributed by atoms with Gasteiger partial charge in [0, 0.05) is 17.1 Å². The Labute approximate surface area is 185 Å². The molecule has 3 rings (SSSR count). The van der Waals surface area contributed by atoms with Crippen molar-refractivity contribution in [2.75, 3.05) is 20.6 Å². The van der Waals surface area contributed by atoms with E-state index in [0.717, 1.165) is 10.0 Å². The predicted molar refractivity (Wildman–Crippen MR) is 124 cm³/mol. The SMILES string of the molecule is CN(C)C(CNC(=O)c1cc(=O)c2cc(Br)ccc2o1)c1ccc(C(C)(C)C)cc1. The first kappa shape index (κ1) is 22.2. The average Bonchev–Trinajstić information content (AvgIpc) is 2.68. The summed E-state index contributed by atoms with van der Waals surface area (Å²) in [6.45, 7) is 6.94. The fourth-order valence-corrected chi connectivity index (χ4v) is 3.68. The van der Waals surface area contributed by atoms with Crippen LogP contribution in [0.25, 0.3) is 11.0 Å². The van der Waals surface area contributed by atoms with Gasteiger partial charge in [-0.3, -0.25) is 9.59 Å². The molecule has 1 N–H and O–H groups in total. The van der Waals surface area contributed by atoms with Gasteiger partial charge in [-0.1, -0.05) is 61.0 Å². The molecule has 2 aromatic carbocycles. The van der Waals surface area contributed by atoms with E-state index in [2.05, 4.69) is 71.2 Å². The first-order valence-electron chi connectivity index (χ1n) is 9.85. The molecule has 0 aliphatic heterocycles. The Morgan fingerprint density at radius 2 is 1.77 bits per heavy atom. The Hall–Kier alpha value is -2.44. The van der Waals surface area contributed by atoms with Crippen LogP contribution in [0, 0.1) is 0 Å². The van der Waals surface area contributed by atoms with Gasteiger partial charge in [0.25, 0.3) is 5.91 Å². The van der Waals surface area contributed by atoms with Crippen molar-refractivity contribution in [3.8, 4) is 0 Å². The van der Waals surface area contributed by atoms with Crippen molar-refractivity contribution >= 4 is 32.8 Å². The molecule has 1 aromatic heterocycles. The van der Waals surface area contributed by atoms with Crippen LogP contribution in [0.3, 0.4) is 0 Å². The van der Waals surface area contributed by atoms with Gasteiger partial charge in [-0.15, -0.1) is 0 Å². The standard InChI is InChI=1S/C24H27BrN2O3/c1-24(2,3)16-8-6-15(7-9-16)19(27(4)5)14-26-23(29)22-13-20(28)18-12-17(25)10-11-21(18)30-22/h6-13,19H,14H2,1-5H3,(H,26,29). The summed E-state index contributed by atoms with van der Waals surface area (Å²) in [5.41, 5.74) is 2.60. The molecule has 0 saturated heterocycles. The number of nitrogens with zero attached hydrogens (tertiary/aromatic N) is 1. The Kier molecular flexibility index (Phi) is 6.48. The van der Waals surface area contributed by atoms with Crippen molar-refractivity contribution in [3.05, 3.63) is 80.1 Å². The van der Waals surface area contributed by atoms with E-state index in [1.54, 1.807) is 18.2 Å². The van der Waals surface area contributed by atoms with Crippen molar-refractivity contribution < 1.29 is 9.21 Å². The largest absolute Gasteiger partial charge is 0.451 e. The zero-order valence-electron chi connectivity index (χ0n) is 18.0. The quantitative estimate of drug-likeness (QED) is 0.576. The summed E-state index contributed by atoms with van der Waals surface area (Å²) in [5.74, 6) is -0.398. The minimum absolute atomic E-state index is 0.00824. The molecule has 0 radical (unpaired) electrons. The molecule has 0 aliphatic carbocycles. The molecule has 0 saturated carbocycles. The van der Waals surface area contributed by atoms with E-state index in [1.807, 2.05) is 14.1 Å². The molecule has 5 nitrogen and oxygen atoms in total. The van der Waals surface area contributed by atoms with Gasteiger partial charge in [-0.05, 0) is 48.8 Å². The predicted octanol–water partition coefficient (Wildman–Crippen LogP) is 4.89. The first-order chi connectivity index (χ1) is 14.1. The van der Waals surface area contributed by atoms with Crippen molar-refractivity contribution in [1.29, 1.82) is 0 Å². The summed E-state index contributed by atoms with van der Waals surface area (Å²) in [6, 6.07) is 14.8. The highest BCUT2D eigenvalue weighted by Crippen LogP contribution is 2.25. The van der Waals surface area contributed by atoms with Crippen molar-refractivity contribution in [2.45, 2.75) is 32.2 Å². The number of nitrogens with one attached hydrogen (secondary N) is 1. The zero-order chi connectivity index (χ0) is 22.1. The van der Waals surface area contributed by atoms with Crippen LogP contribution in [0.2, 0.25) is 0 Å². The molecule has 0 aliphatic rings. The molecule has 30 heavy (non-hydrogen) atoms. The number of halogens is 1. The number of amides is 1. The fourth-order valence-electron chi connectivity index (χ4n) is 3.32. The lowest BCUT2D eigenvalue weighted by atomic mass is 9.86.